The average molecular weight is 280 g/mol. The van der Waals surface area contributed by atoms with Crippen LogP contribution in [0.1, 0.15) is 18.0 Å². The van der Waals surface area contributed by atoms with Crippen LogP contribution in [0.4, 0.5) is 0 Å². The molecule has 112 valence electrons. The molecule has 1 atom stereocenters. The quantitative estimate of drug-likeness (QED) is 0.815. The molecule has 1 aromatic carbocycles. The first-order valence-corrected chi connectivity index (χ1v) is 7.07. The summed E-state index contributed by atoms with van der Waals surface area (Å²) in [6, 6.07) is 6.23. The fraction of sp³-hybridized carbons (Fsp3) is 0.600. The predicted octanol–water partition coefficient (Wildman–Crippen LogP) is 1.03. The van der Waals surface area contributed by atoms with Gasteiger partial charge in [0.1, 0.15) is 0 Å². The van der Waals surface area contributed by atoms with Gasteiger partial charge in [0.15, 0.2) is 11.5 Å². The number of nitrogens with one attached hydrogen (secondary N) is 1. The normalized spacial score (nSPS) is 17.8. The lowest BCUT2D eigenvalue weighted by molar-refractivity contribution is 0.141. The third kappa shape index (κ3) is 3.42. The number of hydrogen-bond acceptors (Lipinski definition) is 5. The number of aliphatic hydroxyl groups is 1. The monoisotopic (exact) mass is 280 g/mol. The molecule has 1 fully saturated rings. The highest BCUT2D eigenvalue weighted by Crippen LogP contribution is 2.33. The van der Waals surface area contributed by atoms with Crippen molar-refractivity contribution < 1.29 is 14.6 Å². The van der Waals surface area contributed by atoms with E-state index in [9.17, 15) is 5.11 Å². The van der Waals surface area contributed by atoms with Gasteiger partial charge in [0, 0.05) is 38.8 Å². The van der Waals surface area contributed by atoms with Crippen LogP contribution >= 0.6 is 0 Å². The summed E-state index contributed by atoms with van der Waals surface area (Å²) >= 11 is 0. The zero-order valence-corrected chi connectivity index (χ0v) is 12.3. The first-order valence-electron chi connectivity index (χ1n) is 7.07. The molecule has 0 amide bonds. The van der Waals surface area contributed by atoms with Crippen LogP contribution in [0, 0.1) is 0 Å². The Morgan fingerprint density at radius 1 is 1.20 bits per heavy atom. The molecule has 0 aliphatic carbocycles. The smallest absolute Gasteiger partial charge is 0.161 e. The van der Waals surface area contributed by atoms with Gasteiger partial charge in [-0.3, -0.25) is 4.90 Å². The van der Waals surface area contributed by atoms with E-state index in [2.05, 4.69) is 16.3 Å². The maximum atomic E-state index is 9.36. The van der Waals surface area contributed by atoms with Crippen molar-refractivity contribution in [3.05, 3.63) is 23.8 Å². The molecular formula is C15H24N2O3. The van der Waals surface area contributed by atoms with E-state index in [1.54, 1.807) is 14.2 Å². The van der Waals surface area contributed by atoms with Crippen LogP contribution in [-0.4, -0.2) is 57.0 Å². The minimum absolute atomic E-state index is 0.183. The number of aliphatic hydroxyl groups excluding tert-OH is 1. The summed E-state index contributed by atoms with van der Waals surface area (Å²) in [6.45, 7) is 4.17. The Hall–Kier alpha value is -1.30. The summed E-state index contributed by atoms with van der Waals surface area (Å²) in [5.74, 6) is 1.47. The van der Waals surface area contributed by atoms with Crippen molar-refractivity contribution in [3.63, 3.8) is 0 Å². The molecular weight excluding hydrogens is 256 g/mol. The molecule has 0 spiro atoms. The van der Waals surface area contributed by atoms with Gasteiger partial charge in [-0.15, -0.1) is 0 Å². The number of piperazine rings is 1. The maximum absolute atomic E-state index is 9.36. The number of ether oxygens (including phenoxy) is 2. The van der Waals surface area contributed by atoms with Crippen molar-refractivity contribution in [1.82, 2.24) is 10.2 Å². The Balaban J connectivity index is 2.23. The molecule has 5 heteroatoms. The average Bonchev–Trinajstić information content (AvgIpc) is 2.52. The molecule has 1 saturated heterocycles. The lowest BCUT2D eigenvalue weighted by atomic mass is 10.0. The fourth-order valence-electron chi connectivity index (χ4n) is 2.74. The topological polar surface area (TPSA) is 54.0 Å². The van der Waals surface area contributed by atoms with Crippen LogP contribution in [0.15, 0.2) is 18.2 Å². The van der Waals surface area contributed by atoms with E-state index in [4.69, 9.17) is 9.47 Å². The summed E-state index contributed by atoms with van der Waals surface area (Å²) in [4.78, 5) is 2.41. The highest BCUT2D eigenvalue weighted by atomic mass is 16.5. The van der Waals surface area contributed by atoms with Gasteiger partial charge >= 0.3 is 0 Å². The molecule has 0 radical (unpaired) electrons. The highest BCUT2D eigenvalue weighted by Gasteiger charge is 2.22. The zero-order valence-electron chi connectivity index (χ0n) is 12.3. The Bertz CT molecular complexity index is 420. The van der Waals surface area contributed by atoms with Crippen molar-refractivity contribution in [1.29, 1.82) is 0 Å². The minimum Gasteiger partial charge on any atom is -0.493 e. The first-order chi connectivity index (χ1) is 9.80. The first kappa shape index (κ1) is 15.1. The van der Waals surface area contributed by atoms with E-state index < -0.39 is 0 Å². The highest BCUT2D eigenvalue weighted by molar-refractivity contribution is 5.43. The number of benzene rings is 1. The second kappa shape index (κ2) is 7.47. The summed E-state index contributed by atoms with van der Waals surface area (Å²) < 4.78 is 10.7. The lowest BCUT2D eigenvalue weighted by Crippen LogP contribution is -2.45. The van der Waals surface area contributed by atoms with Crippen molar-refractivity contribution in [3.8, 4) is 11.5 Å². The lowest BCUT2D eigenvalue weighted by Gasteiger charge is -2.35. The molecule has 1 aliphatic rings. The van der Waals surface area contributed by atoms with Crippen molar-refractivity contribution >= 4 is 0 Å². The van der Waals surface area contributed by atoms with Crippen molar-refractivity contribution in [2.45, 2.75) is 12.5 Å². The fourth-order valence-corrected chi connectivity index (χ4v) is 2.74. The largest absolute Gasteiger partial charge is 0.493 e. The second-order valence-electron chi connectivity index (χ2n) is 4.93. The van der Waals surface area contributed by atoms with Gasteiger partial charge in [-0.25, -0.2) is 0 Å². The summed E-state index contributed by atoms with van der Waals surface area (Å²) in [6.07, 6.45) is 0.732. The van der Waals surface area contributed by atoms with Gasteiger partial charge in [0.05, 0.1) is 14.2 Å². The van der Waals surface area contributed by atoms with E-state index in [0.717, 1.165) is 44.1 Å². The molecule has 5 nitrogen and oxygen atoms in total. The van der Waals surface area contributed by atoms with E-state index in [1.807, 2.05) is 12.1 Å². The SMILES string of the molecule is COc1ccc([C@H](CCO)N2CCNCC2)cc1OC. The Morgan fingerprint density at radius 3 is 2.50 bits per heavy atom. The molecule has 2 N–H and O–H groups in total. The van der Waals surface area contributed by atoms with E-state index in [0.29, 0.717) is 0 Å². The van der Waals surface area contributed by atoms with Crippen molar-refractivity contribution in [2.75, 3.05) is 47.0 Å². The molecule has 1 heterocycles. The van der Waals surface area contributed by atoms with Gasteiger partial charge < -0.3 is 19.9 Å². The third-order valence-corrected chi connectivity index (χ3v) is 3.79. The van der Waals surface area contributed by atoms with Crippen LogP contribution in [-0.2, 0) is 0 Å². The van der Waals surface area contributed by atoms with E-state index >= 15 is 0 Å². The number of hydrogen-bond donors (Lipinski definition) is 2. The van der Waals surface area contributed by atoms with E-state index in [-0.39, 0.29) is 12.6 Å². The van der Waals surface area contributed by atoms with Gasteiger partial charge in [-0.05, 0) is 24.1 Å². The van der Waals surface area contributed by atoms with Gasteiger partial charge in [-0.2, -0.15) is 0 Å². The van der Waals surface area contributed by atoms with Gasteiger partial charge in [-0.1, -0.05) is 6.07 Å². The van der Waals surface area contributed by atoms with Gasteiger partial charge in [0.2, 0.25) is 0 Å². The van der Waals surface area contributed by atoms with Crippen LogP contribution in [0.2, 0.25) is 0 Å². The second-order valence-corrected chi connectivity index (χ2v) is 4.93. The van der Waals surface area contributed by atoms with Crippen LogP contribution in [0.25, 0.3) is 0 Å². The molecule has 2 rings (SSSR count). The summed E-state index contributed by atoms with van der Waals surface area (Å²) in [5, 5.41) is 12.7. The summed E-state index contributed by atoms with van der Waals surface area (Å²) in [5.41, 5.74) is 1.17. The predicted molar refractivity (Wildman–Crippen MR) is 78.4 cm³/mol. The van der Waals surface area contributed by atoms with Gasteiger partial charge in [0.25, 0.3) is 0 Å². The Kier molecular flexibility index (Phi) is 5.64. The zero-order chi connectivity index (χ0) is 14.4. The Morgan fingerprint density at radius 2 is 1.90 bits per heavy atom. The maximum Gasteiger partial charge on any atom is 0.161 e. The molecule has 1 aromatic rings. The van der Waals surface area contributed by atoms with E-state index in [1.165, 1.54) is 5.56 Å². The number of methoxy groups -OCH3 is 2. The number of rotatable bonds is 6. The van der Waals surface area contributed by atoms with Crippen LogP contribution in [0.5, 0.6) is 11.5 Å². The molecule has 0 bridgehead atoms. The molecule has 1 aliphatic heterocycles. The summed E-state index contributed by atoms with van der Waals surface area (Å²) in [7, 11) is 3.28. The molecule has 20 heavy (non-hydrogen) atoms. The Labute approximate surface area is 120 Å². The number of nitrogens with zero attached hydrogens (tertiary/aromatic N) is 1. The molecule has 0 unspecified atom stereocenters. The molecule has 0 saturated carbocycles. The third-order valence-electron chi connectivity index (χ3n) is 3.79. The van der Waals surface area contributed by atoms with Crippen LogP contribution in [0.3, 0.4) is 0 Å². The molecule has 0 aromatic heterocycles. The van der Waals surface area contributed by atoms with Crippen molar-refractivity contribution in [2.24, 2.45) is 0 Å². The standard InChI is InChI=1S/C15H24N2O3/c1-19-14-4-3-12(11-15(14)20-2)13(5-10-18)17-8-6-16-7-9-17/h3-4,11,13,16,18H,5-10H2,1-2H3/t13-/m0/s1. The van der Waals surface area contributed by atoms with Crippen LogP contribution < -0.4 is 14.8 Å². The minimum atomic E-state index is 0.183.